The van der Waals surface area contributed by atoms with E-state index >= 15 is 0 Å². The summed E-state index contributed by atoms with van der Waals surface area (Å²) in [6.45, 7) is 0. The molecule has 30 heavy (non-hydrogen) atoms. The number of fused-ring (bicyclic) bond motifs is 3. The molecule has 5 rings (SSSR count). The maximum atomic E-state index is 5.85. The van der Waals surface area contributed by atoms with E-state index in [4.69, 9.17) is 4.74 Å². The minimum atomic E-state index is 0.335. The molecule has 0 spiro atoms. The Hall–Kier alpha value is -4.26. The maximum Gasteiger partial charge on any atom is 0.265 e. The van der Waals surface area contributed by atoms with Gasteiger partial charge in [0.2, 0.25) is 0 Å². The maximum absolute atomic E-state index is 5.85. The second kappa shape index (κ2) is 7.63. The SMILES string of the molecule is Cn1c2ccccc2c2nnc(N/N=C/c3cccc(Oc4ccccc4)c3)nc21. The van der Waals surface area contributed by atoms with Gasteiger partial charge in [0.1, 0.15) is 17.0 Å². The lowest BCUT2D eigenvalue weighted by atomic mass is 10.2. The molecule has 7 heteroatoms. The summed E-state index contributed by atoms with van der Waals surface area (Å²) >= 11 is 0. The zero-order chi connectivity index (χ0) is 20.3. The van der Waals surface area contributed by atoms with Crippen molar-refractivity contribution in [3.8, 4) is 11.5 Å². The van der Waals surface area contributed by atoms with E-state index in [9.17, 15) is 0 Å². The molecule has 7 nitrogen and oxygen atoms in total. The second-order valence-corrected chi connectivity index (χ2v) is 6.74. The Bertz CT molecular complexity index is 1360. The molecule has 2 heterocycles. The number of hydrogen-bond acceptors (Lipinski definition) is 6. The monoisotopic (exact) mass is 394 g/mol. The summed E-state index contributed by atoms with van der Waals surface area (Å²) in [5.41, 5.74) is 6.32. The second-order valence-electron chi connectivity index (χ2n) is 6.74. The molecule has 0 unspecified atom stereocenters. The first-order valence-electron chi connectivity index (χ1n) is 9.48. The number of rotatable bonds is 5. The Labute approximate surface area is 172 Å². The molecule has 3 aromatic carbocycles. The van der Waals surface area contributed by atoms with Crippen LogP contribution in [0.2, 0.25) is 0 Å². The van der Waals surface area contributed by atoms with Crippen LogP contribution < -0.4 is 10.2 Å². The standard InChI is InChI=1S/C23H18N6O/c1-29-20-13-6-5-12-19(20)21-22(29)25-23(28-26-21)27-24-15-16-8-7-11-18(14-16)30-17-9-3-2-4-10-17/h2-15H,1H3,(H,25,27,28)/b24-15+. The van der Waals surface area contributed by atoms with Crippen molar-refractivity contribution in [2.75, 3.05) is 5.43 Å². The van der Waals surface area contributed by atoms with Gasteiger partial charge in [-0.3, -0.25) is 0 Å². The number of nitrogens with one attached hydrogen (secondary N) is 1. The van der Waals surface area contributed by atoms with Crippen LogP contribution in [0.25, 0.3) is 22.1 Å². The summed E-state index contributed by atoms with van der Waals surface area (Å²) in [6, 6.07) is 25.3. The molecular weight excluding hydrogens is 376 g/mol. The number of para-hydroxylation sites is 2. The van der Waals surface area contributed by atoms with E-state index in [0.29, 0.717) is 5.95 Å². The molecule has 0 aliphatic carbocycles. The molecule has 0 saturated carbocycles. The normalized spacial score (nSPS) is 11.4. The van der Waals surface area contributed by atoms with Crippen LogP contribution in [0.1, 0.15) is 5.56 Å². The van der Waals surface area contributed by atoms with Crippen molar-refractivity contribution >= 4 is 34.2 Å². The first-order valence-corrected chi connectivity index (χ1v) is 9.48. The van der Waals surface area contributed by atoms with Gasteiger partial charge in [0.05, 0.1) is 11.7 Å². The number of aromatic nitrogens is 4. The van der Waals surface area contributed by atoms with Gasteiger partial charge in [-0.25, -0.2) is 5.43 Å². The first-order chi connectivity index (χ1) is 14.8. The number of hydrogen-bond donors (Lipinski definition) is 1. The number of nitrogens with zero attached hydrogens (tertiary/aromatic N) is 5. The van der Waals surface area contributed by atoms with Gasteiger partial charge in [-0.15, -0.1) is 10.2 Å². The van der Waals surface area contributed by atoms with Crippen molar-refractivity contribution in [1.82, 2.24) is 19.7 Å². The summed E-state index contributed by atoms with van der Waals surface area (Å²) in [7, 11) is 1.96. The number of anilines is 1. The number of benzene rings is 3. The Morgan fingerprint density at radius 2 is 1.70 bits per heavy atom. The van der Waals surface area contributed by atoms with Crippen molar-refractivity contribution in [1.29, 1.82) is 0 Å². The fourth-order valence-electron chi connectivity index (χ4n) is 3.30. The first kappa shape index (κ1) is 17.8. The third-order valence-electron chi connectivity index (χ3n) is 4.72. The molecule has 0 fully saturated rings. The molecule has 2 aromatic heterocycles. The lowest BCUT2D eigenvalue weighted by molar-refractivity contribution is 0.482. The predicted octanol–water partition coefficient (Wildman–Crippen LogP) is 4.75. The molecule has 0 aliphatic rings. The Kier molecular flexibility index (Phi) is 4.53. The van der Waals surface area contributed by atoms with Crippen LogP contribution in [0, 0.1) is 0 Å². The highest BCUT2D eigenvalue weighted by Gasteiger charge is 2.11. The summed E-state index contributed by atoms with van der Waals surface area (Å²) in [5.74, 6) is 1.86. The van der Waals surface area contributed by atoms with Gasteiger partial charge in [0, 0.05) is 12.4 Å². The lowest BCUT2D eigenvalue weighted by Gasteiger charge is -2.05. The van der Waals surface area contributed by atoms with Crippen molar-refractivity contribution in [3.05, 3.63) is 84.4 Å². The van der Waals surface area contributed by atoms with E-state index in [0.717, 1.165) is 39.1 Å². The summed E-state index contributed by atoms with van der Waals surface area (Å²) in [4.78, 5) is 4.56. The molecule has 0 amide bonds. The molecule has 0 radical (unpaired) electrons. The topological polar surface area (TPSA) is 77.2 Å². The van der Waals surface area contributed by atoms with Crippen molar-refractivity contribution in [2.24, 2.45) is 12.1 Å². The summed E-state index contributed by atoms with van der Waals surface area (Å²) < 4.78 is 7.85. The molecule has 1 N–H and O–H groups in total. The Morgan fingerprint density at radius 3 is 2.60 bits per heavy atom. The minimum absolute atomic E-state index is 0.335. The molecule has 0 aliphatic heterocycles. The average Bonchev–Trinajstić information content (AvgIpc) is 3.07. The number of hydrazone groups is 1. The van der Waals surface area contributed by atoms with Gasteiger partial charge in [0.15, 0.2) is 5.65 Å². The van der Waals surface area contributed by atoms with Crippen LogP contribution in [-0.4, -0.2) is 26.0 Å². The smallest absolute Gasteiger partial charge is 0.265 e. The molecule has 146 valence electrons. The van der Waals surface area contributed by atoms with E-state index in [1.807, 2.05) is 90.5 Å². The van der Waals surface area contributed by atoms with Gasteiger partial charge in [-0.1, -0.05) is 48.5 Å². The number of ether oxygens (including phenoxy) is 1. The summed E-state index contributed by atoms with van der Waals surface area (Å²) in [5, 5.41) is 13.8. The Balaban J connectivity index is 1.34. The van der Waals surface area contributed by atoms with Crippen molar-refractivity contribution in [2.45, 2.75) is 0 Å². The van der Waals surface area contributed by atoms with E-state index in [-0.39, 0.29) is 0 Å². The average molecular weight is 394 g/mol. The van der Waals surface area contributed by atoms with Gasteiger partial charge < -0.3 is 9.30 Å². The highest BCUT2D eigenvalue weighted by atomic mass is 16.5. The third kappa shape index (κ3) is 3.44. The van der Waals surface area contributed by atoms with Crippen LogP contribution in [-0.2, 0) is 7.05 Å². The third-order valence-corrected chi connectivity index (χ3v) is 4.72. The van der Waals surface area contributed by atoms with Gasteiger partial charge >= 0.3 is 0 Å². The van der Waals surface area contributed by atoms with Crippen LogP contribution in [0.15, 0.2) is 84.0 Å². The quantitative estimate of drug-likeness (QED) is 0.344. The Morgan fingerprint density at radius 1 is 0.900 bits per heavy atom. The lowest BCUT2D eigenvalue weighted by Crippen LogP contribution is -2.00. The van der Waals surface area contributed by atoms with Gasteiger partial charge in [0.25, 0.3) is 5.95 Å². The van der Waals surface area contributed by atoms with E-state index in [1.54, 1.807) is 6.21 Å². The minimum Gasteiger partial charge on any atom is -0.457 e. The van der Waals surface area contributed by atoms with Crippen molar-refractivity contribution < 1.29 is 4.74 Å². The molecule has 0 bridgehead atoms. The van der Waals surface area contributed by atoms with Crippen molar-refractivity contribution in [3.63, 3.8) is 0 Å². The highest BCUT2D eigenvalue weighted by molar-refractivity contribution is 6.04. The van der Waals surface area contributed by atoms with Crippen LogP contribution in [0.4, 0.5) is 5.95 Å². The predicted molar refractivity (Wildman–Crippen MR) is 118 cm³/mol. The van der Waals surface area contributed by atoms with Gasteiger partial charge in [-0.2, -0.15) is 10.1 Å². The molecular formula is C23H18N6O. The fourth-order valence-corrected chi connectivity index (χ4v) is 3.30. The molecule has 5 aromatic rings. The van der Waals surface area contributed by atoms with Gasteiger partial charge in [-0.05, 0) is 35.9 Å². The van der Waals surface area contributed by atoms with Crippen LogP contribution in [0.3, 0.4) is 0 Å². The highest BCUT2D eigenvalue weighted by Crippen LogP contribution is 2.25. The molecule has 0 atom stereocenters. The fraction of sp³-hybridized carbons (Fsp3) is 0.0435. The largest absolute Gasteiger partial charge is 0.457 e. The number of aryl methyl sites for hydroxylation is 1. The zero-order valence-electron chi connectivity index (χ0n) is 16.2. The van der Waals surface area contributed by atoms with E-state index < -0.39 is 0 Å². The zero-order valence-corrected chi connectivity index (χ0v) is 16.2. The van der Waals surface area contributed by atoms with E-state index in [1.165, 1.54) is 0 Å². The molecule has 0 saturated heterocycles. The summed E-state index contributed by atoms with van der Waals surface area (Å²) in [6.07, 6.45) is 1.69. The van der Waals surface area contributed by atoms with Crippen LogP contribution >= 0.6 is 0 Å². The van der Waals surface area contributed by atoms with E-state index in [2.05, 4.69) is 25.7 Å². The van der Waals surface area contributed by atoms with Crippen LogP contribution in [0.5, 0.6) is 11.5 Å².